The van der Waals surface area contributed by atoms with Gasteiger partial charge in [0.2, 0.25) is 0 Å². The van der Waals surface area contributed by atoms with E-state index in [9.17, 15) is 9.90 Å². The molecule has 6 heteroatoms. The number of pyridine rings is 1. The molecule has 1 aliphatic rings. The van der Waals surface area contributed by atoms with Gasteiger partial charge in [0.05, 0.1) is 6.04 Å². The summed E-state index contributed by atoms with van der Waals surface area (Å²) in [4.78, 5) is 15.6. The molecule has 0 amide bonds. The van der Waals surface area contributed by atoms with Gasteiger partial charge in [-0.3, -0.25) is 4.98 Å². The molecule has 0 aromatic carbocycles. The third-order valence-electron chi connectivity index (χ3n) is 3.67. The summed E-state index contributed by atoms with van der Waals surface area (Å²) in [6.45, 7) is 2.77. The van der Waals surface area contributed by atoms with Crippen LogP contribution in [0.15, 0.2) is 29.0 Å². The lowest BCUT2D eigenvalue weighted by Crippen LogP contribution is -2.22. The van der Waals surface area contributed by atoms with Crippen molar-refractivity contribution in [1.29, 1.82) is 0 Å². The number of rotatable bonds is 6. The van der Waals surface area contributed by atoms with Crippen molar-refractivity contribution < 1.29 is 14.4 Å². The number of hydrogen-bond donors (Lipinski definition) is 2. The minimum Gasteiger partial charge on any atom is -0.477 e. The Hall–Kier alpha value is -2.21. The summed E-state index contributed by atoms with van der Waals surface area (Å²) in [5.74, 6) is 0.0358. The van der Waals surface area contributed by atoms with Crippen LogP contribution in [-0.4, -0.2) is 27.8 Å². The number of carboxylic acid groups (broad SMARTS) is 1. The maximum Gasteiger partial charge on any atom is 0.341 e. The van der Waals surface area contributed by atoms with E-state index in [-0.39, 0.29) is 11.6 Å². The predicted molar refractivity (Wildman–Crippen MR) is 75.8 cm³/mol. The molecule has 0 spiro atoms. The second-order valence-corrected chi connectivity index (χ2v) is 5.39. The minimum absolute atomic E-state index is 0.110. The maximum atomic E-state index is 11.6. The fourth-order valence-corrected chi connectivity index (χ4v) is 2.26. The highest BCUT2D eigenvalue weighted by atomic mass is 16.5. The Morgan fingerprint density at radius 3 is 3.00 bits per heavy atom. The van der Waals surface area contributed by atoms with E-state index in [0.29, 0.717) is 22.9 Å². The van der Waals surface area contributed by atoms with Crippen LogP contribution in [0.2, 0.25) is 0 Å². The van der Waals surface area contributed by atoms with Gasteiger partial charge in [-0.1, -0.05) is 5.16 Å². The average molecular weight is 287 g/mol. The van der Waals surface area contributed by atoms with E-state index in [1.165, 1.54) is 12.8 Å². The van der Waals surface area contributed by atoms with Crippen LogP contribution in [0.4, 0.5) is 0 Å². The first-order valence-electron chi connectivity index (χ1n) is 7.03. The average Bonchev–Trinajstić information content (AvgIpc) is 3.21. The first kappa shape index (κ1) is 13.8. The van der Waals surface area contributed by atoms with Crippen molar-refractivity contribution >= 4 is 5.97 Å². The number of aromatic nitrogens is 2. The van der Waals surface area contributed by atoms with Crippen LogP contribution < -0.4 is 5.32 Å². The van der Waals surface area contributed by atoms with Gasteiger partial charge in [0.15, 0.2) is 5.76 Å². The molecule has 1 saturated carbocycles. The molecule has 110 valence electrons. The molecule has 0 saturated heterocycles. The van der Waals surface area contributed by atoms with E-state index in [1.807, 2.05) is 6.92 Å². The topological polar surface area (TPSA) is 88.3 Å². The number of carboxylic acids is 1. The zero-order valence-corrected chi connectivity index (χ0v) is 11.7. The second-order valence-electron chi connectivity index (χ2n) is 5.39. The van der Waals surface area contributed by atoms with Crippen molar-refractivity contribution in [3.05, 3.63) is 35.9 Å². The number of hydrogen-bond acceptors (Lipinski definition) is 5. The van der Waals surface area contributed by atoms with Crippen LogP contribution in [0.3, 0.4) is 0 Å². The van der Waals surface area contributed by atoms with E-state index in [1.54, 1.807) is 24.5 Å². The molecule has 2 heterocycles. The van der Waals surface area contributed by atoms with Gasteiger partial charge in [0, 0.05) is 18.0 Å². The molecule has 1 aliphatic carbocycles. The lowest BCUT2D eigenvalue weighted by atomic mass is 10.0. The molecule has 1 atom stereocenters. The largest absolute Gasteiger partial charge is 0.477 e. The van der Waals surface area contributed by atoms with Crippen molar-refractivity contribution in [1.82, 2.24) is 15.5 Å². The quantitative estimate of drug-likeness (QED) is 0.848. The number of carbonyl (C=O) groups is 1. The molecule has 0 unspecified atom stereocenters. The molecule has 2 N–H and O–H groups in total. The van der Waals surface area contributed by atoms with Gasteiger partial charge < -0.3 is 14.9 Å². The fraction of sp³-hybridized carbons (Fsp3) is 0.400. The van der Waals surface area contributed by atoms with Crippen molar-refractivity contribution in [3.8, 4) is 11.3 Å². The highest BCUT2D eigenvalue weighted by Gasteiger charge is 2.28. The van der Waals surface area contributed by atoms with E-state index < -0.39 is 5.97 Å². The first-order valence-corrected chi connectivity index (χ1v) is 7.03. The molecule has 0 aliphatic heterocycles. The number of nitrogens with one attached hydrogen (secondary N) is 1. The monoisotopic (exact) mass is 287 g/mol. The highest BCUT2D eigenvalue weighted by Crippen LogP contribution is 2.31. The summed E-state index contributed by atoms with van der Waals surface area (Å²) in [6, 6.07) is 3.32. The van der Waals surface area contributed by atoms with Gasteiger partial charge in [-0.05, 0) is 44.4 Å². The Kier molecular flexibility index (Phi) is 3.70. The van der Waals surface area contributed by atoms with E-state index in [4.69, 9.17) is 4.52 Å². The Morgan fingerprint density at radius 2 is 2.38 bits per heavy atom. The fourth-order valence-electron chi connectivity index (χ4n) is 2.26. The molecule has 0 radical (unpaired) electrons. The van der Waals surface area contributed by atoms with Crippen LogP contribution in [0.1, 0.15) is 41.9 Å². The van der Waals surface area contributed by atoms with Crippen LogP contribution >= 0.6 is 0 Å². The number of nitrogens with zero attached hydrogens (tertiary/aromatic N) is 2. The van der Waals surface area contributed by atoms with Gasteiger partial charge >= 0.3 is 5.97 Å². The highest BCUT2D eigenvalue weighted by molar-refractivity contribution is 5.95. The Balaban J connectivity index is 1.90. The lowest BCUT2D eigenvalue weighted by Gasteiger charge is -2.10. The Labute approximate surface area is 122 Å². The van der Waals surface area contributed by atoms with Crippen molar-refractivity contribution in [3.63, 3.8) is 0 Å². The van der Waals surface area contributed by atoms with Gasteiger partial charge in [-0.25, -0.2) is 4.79 Å². The standard InChI is InChI=1S/C15H17N3O3/c1-9(17-7-10-4-5-10)14-12(15(19)20)13(18-21-14)11-3-2-6-16-8-11/h2-3,6,8-10,17H,4-5,7H2,1H3,(H,19,20)/t9-/m1/s1. The van der Waals surface area contributed by atoms with Crippen molar-refractivity contribution in [2.24, 2.45) is 5.92 Å². The van der Waals surface area contributed by atoms with E-state index >= 15 is 0 Å². The summed E-state index contributed by atoms with van der Waals surface area (Å²) in [7, 11) is 0. The molecule has 3 rings (SSSR count). The molecule has 21 heavy (non-hydrogen) atoms. The first-order chi connectivity index (χ1) is 10.2. The molecule has 0 bridgehead atoms. The summed E-state index contributed by atoms with van der Waals surface area (Å²) < 4.78 is 5.30. The Morgan fingerprint density at radius 1 is 1.57 bits per heavy atom. The SMILES string of the molecule is C[C@@H](NCC1CC1)c1onc(-c2cccnc2)c1C(=O)O. The van der Waals surface area contributed by atoms with Crippen molar-refractivity contribution in [2.75, 3.05) is 6.54 Å². The third-order valence-corrected chi connectivity index (χ3v) is 3.67. The molecule has 2 aromatic heterocycles. The maximum absolute atomic E-state index is 11.6. The van der Waals surface area contributed by atoms with Crippen molar-refractivity contribution in [2.45, 2.75) is 25.8 Å². The second kappa shape index (κ2) is 5.65. The van der Waals surface area contributed by atoms with Crippen LogP contribution in [0.5, 0.6) is 0 Å². The molecule has 2 aromatic rings. The smallest absolute Gasteiger partial charge is 0.341 e. The van der Waals surface area contributed by atoms with Crippen LogP contribution in [0, 0.1) is 5.92 Å². The van der Waals surface area contributed by atoms with Crippen LogP contribution in [-0.2, 0) is 0 Å². The van der Waals surface area contributed by atoms with E-state index in [0.717, 1.165) is 6.54 Å². The zero-order valence-electron chi connectivity index (χ0n) is 11.7. The molecule has 1 fully saturated rings. The summed E-state index contributed by atoms with van der Waals surface area (Å²) in [5, 5.41) is 16.7. The van der Waals surface area contributed by atoms with Gasteiger partial charge in [-0.15, -0.1) is 0 Å². The lowest BCUT2D eigenvalue weighted by molar-refractivity contribution is 0.0694. The van der Waals surface area contributed by atoms with Gasteiger partial charge in [0.1, 0.15) is 11.3 Å². The number of aromatic carboxylic acids is 1. The minimum atomic E-state index is -1.04. The Bertz CT molecular complexity index is 635. The third kappa shape index (κ3) is 2.95. The zero-order chi connectivity index (χ0) is 14.8. The normalized spacial score (nSPS) is 15.9. The van der Waals surface area contributed by atoms with Gasteiger partial charge in [0.25, 0.3) is 0 Å². The predicted octanol–water partition coefficient (Wildman–Crippen LogP) is 2.50. The van der Waals surface area contributed by atoms with Gasteiger partial charge in [-0.2, -0.15) is 0 Å². The van der Waals surface area contributed by atoms with E-state index in [2.05, 4.69) is 15.5 Å². The molecular weight excluding hydrogens is 270 g/mol. The summed E-state index contributed by atoms with van der Waals surface area (Å²) >= 11 is 0. The summed E-state index contributed by atoms with van der Waals surface area (Å²) in [5.41, 5.74) is 1.07. The molecule has 6 nitrogen and oxygen atoms in total. The molecular formula is C15H17N3O3. The van der Waals surface area contributed by atoms with Crippen LogP contribution in [0.25, 0.3) is 11.3 Å². The summed E-state index contributed by atoms with van der Waals surface area (Å²) in [6.07, 6.45) is 5.69.